The molecule has 0 unspecified atom stereocenters. The number of carbonyl (C=O) groups is 1. The third-order valence-corrected chi connectivity index (χ3v) is 7.61. The standard InChI is InChI=1S/C21H26Cl2N4OS/c1-14-11-19(29-25-14)21(28)24-16-12-15(13-16)5-6-26-7-9-27(10-8-26)18-4-2-3-17(22)20(18)23/h2-4,11,15-16H,5-10,12-13H2,1H3,(H,24,28). The van der Waals surface area contributed by atoms with Crippen LogP contribution in [0.2, 0.25) is 10.0 Å². The fourth-order valence-electron chi connectivity index (χ4n) is 4.13. The van der Waals surface area contributed by atoms with E-state index in [1.54, 1.807) is 0 Å². The third kappa shape index (κ3) is 5.05. The lowest BCUT2D eigenvalue weighted by molar-refractivity contribution is 0.0881. The van der Waals surface area contributed by atoms with Crippen LogP contribution in [-0.2, 0) is 0 Å². The lowest BCUT2D eigenvalue weighted by Gasteiger charge is -2.39. The van der Waals surface area contributed by atoms with Crippen LogP contribution in [0.4, 0.5) is 5.69 Å². The summed E-state index contributed by atoms with van der Waals surface area (Å²) in [6.45, 7) is 7.06. The van der Waals surface area contributed by atoms with E-state index in [2.05, 4.69) is 19.5 Å². The minimum atomic E-state index is 0.0230. The van der Waals surface area contributed by atoms with E-state index in [1.807, 2.05) is 31.2 Å². The molecule has 2 aliphatic rings. The van der Waals surface area contributed by atoms with E-state index in [1.165, 1.54) is 18.0 Å². The summed E-state index contributed by atoms with van der Waals surface area (Å²) >= 11 is 13.8. The highest BCUT2D eigenvalue weighted by Gasteiger charge is 2.31. The quantitative estimate of drug-likeness (QED) is 0.701. The van der Waals surface area contributed by atoms with E-state index in [-0.39, 0.29) is 5.91 Å². The SMILES string of the molecule is Cc1cc(C(=O)NC2CC(CCN3CCN(c4cccc(Cl)c4Cl)CC3)C2)sn1. The molecule has 1 N–H and O–H groups in total. The van der Waals surface area contributed by atoms with Gasteiger partial charge in [-0.05, 0) is 68.4 Å². The number of halogens is 2. The van der Waals surface area contributed by atoms with Crippen molar-refractivity contribution in [3.05, 3.63) is 44.9 Å². The molecule has 1 aliphatic heterocycles. The number of hydrogen-bond acceptors (Lipinski definition) is 5. The van der Waals surface area contributed by atoms with Crippen molar-refractivity contribution in [2.45, 2.75) is 32.2 Å². The molecule has 29 heavy (non-hydrogen) atoms. The van der Waals surface area contributed by atoms with Gasteiger partial charge in [-0.25, -0.2) is 0 Å². The normalized spacial score (nSPS) is 22.4. The lowest BCUT2D eigenvalue weighted by atomic mass is 9.78. The summed E-state index contributed by atoms with van der Waals surface area (Å²) in [5.41, 5.74) is 1.94. The van der Waals surface area contributed by atoms with E-state index in [0.717, 1.165) is 56.9 Å². The highest BCUT2D eigenvalue weighted by Crippen LogP contribution is 2.33. The molecule has 1 aliphatic carbocycles. The van der Waals surface area contributed by atoms with Crippen LogP contribution in [0.1, 0.15) is 34.6 Å². The average Bonchev–Trinajstić information content (AvgIpc) is 3.12. The molecule has 2 aromatic rings. The molecule has 1 amide bonds. The monoisotopic (exact) mass is 452 g/mol. The zero-order valence-corrected chi connectivity index (χ0v) is 18.9. The predicted molar refractivity (Wildman–Crippen MR) is 121 cm³/mol. The first-order valence-electron chi connectivity index (χ1n) is 10.1. The summed E-state index contributed by atoms with van der Waals surface area (Å²) in [6, 6.07) is 8.00. The minimum Gasteiger partial charge on any atom is -0.368 e. The highest BCUT2D eigenvalue weighted by atomic mass is 35.5. The van der Waals surface area contributed by atoms with Gasteiger partial charge in [-0.1, -0.05) is 29.3 Å². The van der Waals surface area contributed by atoms with Crippen LogP contribution in [0.25, 0.3) is 0 Å². The number of hydrogen-bond donors (Lipinski definition) is 1. The summed E-state index contributed by atoms with van der Waals surface area (Å²) in [6.07, 6.45) is 3.37. The first-order chi connectivity index (χ1) is 14.0. The maximum absolute atomic E-state index is 12.2. The number of carbonyl (C=O) groups excluding carboxylic acids is 1. The topological polar surface area (TPSA) is 48.5 Å². The number of nitrogens with zero attached hydrogens (tertiary/aromatic N) is 3. The van der Waals surface area contributed by atoms with Crippen molar-refractivity contribution in [3.63, 3.8) is 0 Å². The second kappa shape index (κ2) is 9.21. The Hall–Kier alpha value is -1.34. The van der Waals surface area contributed by atoms with Crippen molar-refractivity contribution in [1.82, 2.24) is 14.6 Å². The molecule has 0 atom stereocenters. The maximum Gasteiger partial charge on any atom is 0.263 e. The van der Waals surface area contributed by atoms with Gasteiger partial charge in [0.25, 0.3) is 5.91 Å². The van der Waals surface area contributed by atoms with Crippen molar-refractivity contribution >= 4 is 46.3 Å². The van der Waals surface area contributed by atoms with Gasteiger partial charge in [0.15, 0.2) is 0 Å². The van der Waals surface area contributed by atoms with Gasteiger partial charge in [0.2, 0.25) is 0 Å². The molecule has 1 aromatic heterocycles. The van der Waals surface area contributed by atoms with Crippen LogP contribution in [0.15, 0.2) is 24.3 Å². The Kier molecular flexibility index (Phi) is 6.64. The number of amides is 1. The van der Waals surface area contributed by atoms with Gasteiger partial charge in [-0.2, -0.15) is 4.37 Å². The molecule has 2 heterocycles. The van der Waals surface area contributed by atoms with Crippen molar-refractivity contribution in [3.8, 4) is 0 Å². The Labute approximate surface area is 186 Å². The molecule has 0 radical (unpaired) electrons. The van der Waals surface area contributed by atoms with Gasteiger partial charge < -0.3 is 10.2 Å². The molecule has 1 saturated carbocycles. The molecular weight excluding hydrogens is 427 g/mol. The average molecular weight is 453 g/mol. The number of aromatic nitrogens is 1. The zero-order chi connectivity index (χ0) is 20.4. The second-order valence-corrected chi connectivity index (χ2v) is 9.62. The van der Waals surface area contributed by atoms with Crippen molar-refractivity contribution in [2.24, 2.45) is 5.92 Å². The Bertz CT molecular complexity index is 860. The van der Waals surface area contributed by atoms with E-state index in [9.17, 15) is 4.79 Å². The molecule has 2 fully saturated rings. The van der Waals surface area contributed by atoms with Gasteiger partial charge in [0, 0.05) is 32.2 Å². The van der Waals surface area contributed by atoms with Gasteiger partial charge in [0.1, 0.15) is 4.88 Å². The number of benzene rings is 1. The summed E-state index contributed by atoms with van der Waals surface area (Å²) < 4.78 is 4.18. The Morgan fingerprint density at radius 2 is 2.00 bits per heavy atom. The third-order valence-electron chi connectivity index (χ3n) is 5.92. The summed E-state index contributed by atoms with van der Waals surface area (Å²) in [5.74, 6) is 0.735. The van der Waals surface area contributed by atoms with Crippen molar-refractivity contribution in [2.75, 3.05) is 37.6 Å². The first kappa shape index (κ1) is 20.9. The fraction of sp³-hybridized carbons (Fsp3) is 0.524. The van der Waals surface area contributed by atoms with Gasteiger partial charge >= 0.3 is 0 Å². The molecule has 0 bridgehead atoms. The smallest absolute Gasteiger partial charge is 0.263 e. The van der Waals surface area contributed by atoms with Crippen LogP contribution < -0.4 is 10.2 Å². The van der Waals surface area contributed by atoms with Crippen LogP contribution in [0.5, 0.6) is 0 Å². The van der Waals surface area contributed by atoms with E-state index in [0.29, 0.717) is 26.9 Å². The van der Waals surface area contributed by atoms with Crippen LogP contribution in [0.3, 0.4) is 0 Å². The highest BCUT2D eigenvalue weighted by molar-refractivity contribution is 7.08. The van der Waals surface area contributed by atoms with Gasteiger partial charge in [-0.3, -0.25) is 9.69 Å². The maximum atomic E-state index is 12.2. The molecule has 5 nitrogen and oxygen atoms in total. The first-order valence-corrected chi connectivity index (χ1v) is 11.7. The molecule has 4 rings (SSSR count). The number of rotatable bonds is 6. The van der Waals surface area contributed by atoms with Crippen LogP contribution >= 0.6 is 34.7 Å². The molecule has 8 heteroatoms. The Morgan fingerprint density at radius 3 is 2.69 bits per heavy atom. The fourth-order valence-corrected chi connectivity index (χ4v) is 5.21. The molecule has 0 spiro atoms. The summed E-state index contributed by atoms with van der Waals surface area (Å²) in [5, 5.41) is 4.40. The molecule has 1 aromatic carbocycles. The van der Waals surface area contributed by atoms with Crippen molar-refractivity contribution in [1.29, 1.82) is 0 Å². The van der Waals surface area contributed by atoms with Gasteiger partial charge in [0.05, 0.1) is 21.4 Å². The summed E-state index contributed by atoms with van der Waals surface area (Å²) in [4.78, 5) is 17.8. The lowest BCUT2D eigenvalue weighted by Crippen LogP contribution is -2.48. The number of anilines is 1. The molecular formula is C21H26Cl2N4OS. The Morgan fingerprint density at radius 1 is 1.24 bits per heavy atom. The van der Waals surface area contributed by atoms with E-state index < -0.39 is 0 Å². The second-order valence-electron chi connectivity index (χ2n) is 8.03. The van der Waals surface area contributed by atoms with Gasteiger partial charge in [-0.15, -0.1) is 0 Å². The molecule has 1 saturated heterocycles. The number of nitrogens with one attached hydrogen (secondary N) is 1. The van der Waals surface area contributed by atoms with Crippen LogP contribution in [0, 0.1) is 12.8 Å². The molecule has 156 valence electrons. The zero-order valence-electron chi connectivity index (χ0n) is 16.5. The number of piperazine rings is 1. The summed E-state index contributed by atoms with van der Waals surface area (Å²) in [7, 11) is 0. The van der Waals surface area contributed by atoms with E-state index in [4.69, 9.17) is 23.2 Å². The van der Waals surface area contributed by atoms with Crippen LogP contribution in [-0.4, -0.2) is 53.9 Å². The van der Waals surface area contributed by atoms with Crippen molar-refractivity contribution < 1.29 is 4.79 Å². The minimum absolute atomic E-state index is 0.0230. The largest absolute Gasteiger partial charge is 0.368 e. The predicted octanol–water partition coefficient (Wildman–Crippen LogP) is 4.48. The van der Waals surface area contributed by atoms with E-state index >= 15 is 0 Å². The number of aryl methyl sites for hydroxylation is 1. The Balaban J connectivity index is 1.15.